The summed E-state index contributed by atoms with van der Waals surface area (Å²) in [6.07, 6.45) is 6.20. The highest BCUT2D eigenvalue weighted by Crippen LogP contribution is 2.42. The maximum atomic E-state index is 14.8. The number of fused-ring (bicyclic) bond motifs is 8. The molecule has 0 aliphatic carbocycles. The second kappa shape index (κ2) is 19.2. The highest BCUT2D eigenvalue weighted by Gasteiger charge is 2.49. The fourth-order valence-corrected chi connectivity index (χ4v) is 11.5. The van der Waals surface area contributed by atoms with E-state index in [2.05, 4.69) is 66.9 Å². The molecule has 2 N–H and O–H groups in total. The van der Waals surface area contributed by atoms with Crippen molar-refractivity contribution in [1.29, 1.82) is 0 Å². The number of urea groups is 1. The molecule has 4 saturated heterocycles. The number of piperazine rings is 1. The number of amides is 5. The number of thiazole rings is 1. The molecular weight excluding hydrogens is 871 g/mol. The lowest BCUT2D eigenvalue weighted by Crippen LogP contribution is -2.72. The van der Waals surface area contributed by atoms with E-state index in [1.807, 2.05) is 32.2 Å². The van der Waals surface area contributed by atoms with Crippen LogP contribution in [0.1, 0.15) is 83.2 Å². The number of hydrogen-bond donors (Lipinski definition) is 2. The van der Waals surface area contributed by atoms with Gasteiger partial charge in [-0.15, -0.1) is 11.3 Å². The number of aromatic nitrogens is 3. The summed E-state index contributed by atoms with van der Waals surface area (Å²) in [6.45, 7) is 17.9. The van der Waals surface area contributed by atoms with E-state index < -0.39 is 34.9 Å². The molecular formula is C50H65N9O7S. The van der Waals surface area contributed by atoms with Gasteiger partial charge in [-0.3, -0.25) is 24.4 Å². The summed E-state index contributed by atoms with van der Waals surface area (Å²) in [5, 5.41) is 8.19. The third kappa shape index (κ3) is 9.27. The topological polar surface area (TPSA) is 172 Å². The van der Waals surface area contributed by atoms with Gasteiger partial charge in [0.1, 0.15) is 23.9 Å². The zero-order valence-corrected chi connectivity index (χ0v) is 40.9. The van der Waals surface area contributed by atoms with Gasteiger partial charge in [-0.25, -0.2) is 15.2 Å². The van der Waals surface area contributed by atoms with Crippen LogP contribution in [-0.2, 0) is 48.0 Å². The molecule has 0 spiro atoms. The summed E-state index contributed by atoms with van der Waals surface area (Å²) >= 11 is 1.41. The first-order valence-electron chi connectivity index (χ1n) is 23.5. The van der Waals surface area contributed by atoms with E-state index >= 15 is 0 Å². The van der Waals surface area contributed by atoms with E-state index in [0.29, 0.717) is 57.1 Å². The smallest absolute Gasteiger partial charge is 0.320 e. The summed E-state index contributed by atoms with van der Waals surface area (Å²) in [5.41, 5.74) is 8.43. The van der Waals surface area contributed by atoms with Crippen LogP contribution in [-0.4, -0.2) is 141 Å². The Morgan fingerprint density at radius 2 is 1.91 bits per heavy atom. The minimum Gasteiger partial charge on any atom is -0.378 e. The number of carbonyl (C=O) groups is 5. The molecule has 5 aliphatic heterocycles. The Labute approximate surface area is 397 Å². The average Bonchev–Trinajstić information content (AvgIpc) is 3.91. The lowest BCUT2D eigenvalue weighted by atomic mass is 9.84. The molecule has 358 valence electrons. The van der Waals surface area contributed by atoms with E-state index in [-0.39, 0.29) is 49.1 Å². The quantitative estimate of drug-likeness (QED) is 0.147. The van der Waals surface area contributed by atoms with Gasteiger partial charge >= 0.3 is 6.03 Å². The molecule has 5 amide bonds. The highest BCUT2D eigenvalue weighted by molar-refractivity contribution is 7.10. The molecule has 2 unspecified atom stereocenters. The SMILES string of the molecule is C=CC(=O)N1C2CC1CN(C(=O)N(C)[C@H](C(=O)N[C@H]1Cc3nc(cs3)-c3ccc4c(c3)c(c(-c3cccnc3[C@H](C)OC)n4CC)CC(C)(C)COC[C@@]3(C=O)CCCN(N3)C1=O)C(C)C)C2. The second-order valence-electron chi connectivity index (χ2n) is 19.8. The molecule has 0 saturated carbocycles. The van der Waals surface area contributed by atoms with Crippen molar-refractivity contribution in [2.45, 2.75) is 116 Å². The van der Waals surface area contributed by atoms with Gasteiger partial charge in [0.15, 0.2) is 0 Å². The number of hydrazine groups is 1. The fourth-order valence-electron chi connectivity index (χ4n) is 10.7. The maximum Gasteiger partial charge on any atom is 0.320 e. The minimum atomic E-state index is -1.19. The summed E-state index contributed by atoms with van der Waals surface area (Å²) in [6, 6.07) is 7.96. The van der Waals surface area contributed by atoms with Crippen LogP contribution in [0.3, 0.4) is 0 Å². The summed E-state index contributed by atoms with van der Waals surface area (Å²) in [4.78, 5) is 83.8. The fraction of sp³-hybridized carbons (Fsp3) is 0.540. The number of hydrogen-bond acceptors (Lipinski definition) is 11. The summed E-state index contributed by atoms with van der Waals surface area (Å²) in [5.74, 6) is -1.37. The number of benzene rings is 1. The highest BCUT2D eigenvalue weighted by atomic mass is 32.1. The molecule has 6 atom stereocenters. The van der Waals surface area contributed by atoms with Crippen LogP contribution < -0.4 is 10.7 Å². The van der Waals surface area contributed by atoms with Crippen molar-refractivity contribution in [3.05, 3.63) is 70.8 Å². The Morgan fingerprint density at radius 1 is 1.15 bits per heavy atom. The van der Waals surface area contributed by atoms with Crippen molar-refractivity contribution in [2.24, 2.45) is 11.3 Å². The number of nitrogens with one attached hydrogen (secondary N) is 2. The van der Waals surface area contributed by atoms with Crippen molar-refractivity contribution in [3.63, 3.8) is 0 Å². The largest absolute Gasteiger partial charge is 0.378 e. The predicted molar refractivity (Wildman–Crippen MR) is 257 cm³/mol. The molecule has 17 heteroatoms. The molecule has 4 aromatic rings. The third-order valence-corrected chi connectivity index (χ3v) is 14.9. The van der Waals surface area contributed by atoms with Crippen molar-refractivity contribution in [1.82, 2.24) is 45.0 Å². The molecule has 8 heterocycles. The number of aldehydes is 1. The Balaban J connectivity index is 1.15. The van der Waals surface area contributed by atoms with E-state index in [4.69, 9.17) is 19.4 Å². The monoisotopic (exact) mass is 935 g/mol. The van der Waals surface area contributed by atoms with Gasteiger partial charge in [-0.05, 0) is 86.8 Å². The number of piperidine rings is 1. The molecule has 9 rings (SSSR count). The van der Waals surface area contributed by atoms with Crippen molar-refractivity contribution in [3.8, 4) is 22.5 Å². The Hall–Kier alpha value is -5.49. The maximum absolute atomic E-state index is 14.8. The number of carbonyl (C=O) groups excluding carboxylic acids is 5. The van der Waals surface area contributed by atoms with E-state index in [1.165, 1.54) is 27.3 Å². The molecule has 67 heavy (non-hydrogen) atoms. The zero-order valence-electron chi connectivity index (χ0n) is 40.0. The third-order valence-electron chi connectivity index (χ3n) is 14.0. The van der Waals surface area contributed by atoms with Crippen LogP contribution in [0.25, 0.3) is 33.4 Å². The van der Waals surface area contributed by atoms with Gasteiger partial charge < -0.3 is 38.9 Å². The van der Waals surface area contributed by atoms with Crippen molar-refractivity contribution in [2.75, 3.05) is 47.0 Å². The molecule has 5 aliphatic rings. The summed E-state index contributed by atoms with van der Waals surface area (Å²) < 4.78 is 14.7. The van der Waals surface area contributed by atoms with Gasteiger partial charge in [-0.1, -0.05) is 40.3 Å². The van der Waals surface area contributed by atoms with Gasteiger partial charge in [0.05, 0.1) is 53.5 Å². The Kier molecular flexibility index (Phi) is 13.8. The van der Waals surface area contributed by atoms with Crippen molar-refractivity contribution >= 4 is 52.3 Å². The predicted octanol–water partition coefficient (Wildman–Crippen LogP) is 5.79. The Morgan fingerprint density at radius 3 is 2.60 bits per heavy atom. The minimum absolute atomic E-state index is 0.0302. The van der Waals surface area contributed by atoms with Gasteiger partial charge in [0.25, 0.3) is 5.91 Å². The first kappa shape index (κ1) is 48.0. The van der Waals surface area contributed by atoms with Crippen LogP contribution >= 0.6 is 11.3 Å². The van der Waals surface area contributed by atoms with E-state index in [9.17, 15) is 24.0 Å². The number of likely N-dealkylation sites (N-methyl/N-ethyl adjacent to an activating group) is 1. The molecule has 1 aromatic carbocycles. The average molecular weight is 936 g/mol. The number of methoxy groups -OCH3 is 1. The van der Waals surface area contributed by atoms with Crippen LogP contribution in [0, 0.1) is 11.3 Å². The molecule has 3 aromatic heterocycles. The van der Waals surface area contributed by atoms with Crippen LogP contribution in [0.15, 0.2) is 54.6 Å². The first-order chi connectivity index (χ1) is 32.0. The molecule has 4 fully saturated rings. The van der Waals surface area contributed by atoms with Gasteiger partial charge in [0, 0.05) is 80.4 Å². The normalized spacial score (nSPS) is 23.8. The number of aryl methyl sites for hydroxylation is 1. The lowest BCUT2D eigenvalue weighted by molar-refractivity contribution is -0.148. The number of pyridine rings is 1. The second-order valence-corrected chi connectivity index (χ2v) is 20.7. The first-order valence-corrected chi connectivity index (χ1v) is 24.4. The number of ether oxygens (including phenoxy) is 2. The van der Waals surface area contributed by atoms with Gasteiger partial charge in [0.2, 0.25) is 11.8 Å². The van der Waals surface area contributed by atoms with E-state index in [1.54, 1.807) is 30.2 Å². The van der Waals surface area contributed by atoms with Crippen LogP contribution in [0.5, 0.6) is 0 Å². The van der Waals surface area contributed by atoms with Crippen molar-refractivity contribution < 1.29 is 33.4 Å². The number of nitrogens with zero attached hydrogens (tertiary/aromatic N) is 7. The number of rotatable bonds is 10. The van der Waals surface area contributed by atoms with Crippen LogP contribution in [0.4, 0.5) is 4.79 Å². The van der Waals surface area contributed by atoms with Crippen LogP contribution in [0.2, 0.25) is 0 Å². The van der Waals surface area contributed by atoms with Gasteiger partial charge in [-0.2, -0.15) is 0 Å². The lowest BCUT2D eigenvalue weighted by Gasteiger charge is -2.56. The molecule has 0 radical (unpaired) electrons. The standard InChI is InChI=1S/C50H65N9O7S/c1-10-42(61)59-33-21-34(59)25-56(24-33)48(64)55(8)44(30(3)4)46(62)53-38-22-41-52-39(26-67-41)32-15-16-40-36(20-32)37(45(57(40)11-2)35-14-12-18-51-43(35)31(5)65-9)23-49(6,7)28-66-29-50(27-60)17-13-19-58(54-50)47(38)63/h10,12,14-16,18,20,26-27,30-31,33-34,38,44,54H,1,11,13,17,19,21-25,28-29H2,2-9H3,(H,53,62)/t31-,33?,34?,38-,44-,50-/m0/s1. The summed E-state index contributed by atoms with van der Waals surface area (Å²) in [7, 11) is 3.30. The Bertz CT molecular complexity index is 2540. The zero-order chi connectivity index (χ0) is 47.9. The van der Waals surface area contributed by atoms with E-state index in [0.717, 1.165) is 57.4 Å². The molecule has 8 bridgehead atoms. The molecule has 16 nitrogen and oxygen atoms in total.